The van der Waals surface area contributed by atoms with Crippen LogP contribution < -0.4 is 10.6 Å². The maximum absolute atomic E-state index is 4.86. The topological polar surface area (TPSA) is 49.8 Å². The van der Waals surface area contributed by atoms with Gasteiger partial charge >= 0.3 is 0 Å². The molecular formula is C19H24N4. The summed E-state index contributed by atoms with van der Waals surface area (Å²) in [5, 5.41) is 7.29. The summed E-state index contributed by atoms with van der Waals surface area (Å²) in [6, 6.07) is 11.3. The smallest absolute Gasteiger partial charge is 0.159 e. The Morgan fingerprint density at radius 3 is 2.70 bits per heavy atom. The number of rotatable bonds is 3. The van der Waals surface area contributed by atoms with Crippen molar-refractivity contribution in [2.75, 3.05) is 13.1 Å². The van der Waals surface area contributed by atoms with Crippen LogP contribution in [0.25, 0.3) is 11.4 Å². The van der Waals surface area contributed by atoms with Gasteiger partial charge in [-0.2, -0.15) is 0 Å². The molecule has 0 radical (unpaired) electrons. The highest BCUT2D eigenvalue weighted by molar-refractivity contribution is 5.55. The van der Waals surface area contributed by atoms with Gasteiger partial charge in [-0.05, 0) is 45.2 Å². The third-order valence-corrected chi connectivity index (χ3v) is 4.99. The van der Waals surface area contributed by atoms with Gasteiger partial charge in [-0.3, -0.25) is 0 Å². The zero-order valence-corrected chi connectivity index (χ0v) is 13.5. The maximum Gasteiger partial charge on any atom is 0.159 e. The molecule has 1 saturated heterocycles. The van der Waals surface area contributed by atoms with Crippen molar-refractivity contribution in [2.24, 2.45) is 0 Å². The third kappa shape index (κ3) is 3.28. The lowest BCUT2D eigenvalue weighted by atomic mass is 9.90. The van der Waals surface area contributed by atoms with Gasteiger partial charge < -0.3 is 10.6 Å². The predicted molar refractivity (Wildman–Crippen MR) is 92.2 cm³/mol. The molecule has 23 heavy (non-hydrogen) atoms. The number of nitrogens with one attached hydrogen (secondary N) is 2. The Morgan fingerprint density at radius 2 is 1.87 bits per heavy atom. The lowest BCUT2D eigenvalue weighted by Crippen LogP contribution is -2.42. The van der Waals surface area contributed by atoms with Gasteiger partial charge in [0.05, 0.1) is 0 Å². The molecule has 1 aromatic heterocycles. The van der Waals surface area contributed by atoms with Crippen LogP contribution in [-0.4, -0.2) is 29.1 Å². The second kappa shape index (κ2) is 6.77. The number of benzene rings is 1. The van der Waals surface area contributed by atoms with E-state index >= 15 is 0 Å². The van der Waals surface area contributed by atoms with Crippen molar-refractivity contribution < 1.29 is 0 Å². The van der Waals surface area contributed by atoms with Crippen molar-refractivity contribution in [3.63, 3.8) is 0 Å². The molecule has 4 nitrogen and oxygen atoms in total. The number of hydrogen-bond acceptors (Lipinski definition) is 4. The standard InChI is InChI=1S/C19H24N4/c1-2-5-14(6-3-1)19-21-13-16-17(7-4-8-18(16)23-19)22-15-9-11-20-12-10-15/h1-3,5-6,13,15,17,20,22H,4,7-12H2/t17-/m0/s1. The summed E-state index contributed by atoms with van der Waals surface area (Å²) in [6.07, 6.45) is 7.97. The van der Waals surface area contributed by atoms with Crippen LogP contribution in [0.5, 0.6) is 0 Å². The number of aryl methyl sites for hydroxylation is 1. The largest absolute Gasteiger partial charge is 0.317 e. The van der Waals surface area contributed by atoms with E-state index in [0.717, 1.165) is 30.9 Å². The van der Waals surface area contributed by atoms with Crippen LogP contribution in [0.15, 0.2) is 36.5 Å². The molecule has 0 bridgehead atoms. The van der Waals surface area contributed by atoms with Gasteiger partial charge in [0.1, 0.15) is 0 Å². The first-order chi connectivity index (χ1) is 11.4. The zero-order valence-electron chi connectivity index (χ0n) is 13.5. The minimum absolute atomic E-state index is 0.423. The summed E-state index contributed by atoms with van der Waals surface area (Å²) >= 11 is 0. The van der Waals surface area contributed by atoms with Crippen LogP contribution in [0.1, 0.15) is 43.0 Å². The lowest BCUT2D eigenvalue weighted by molar-refractivity contribution is 0.329. The molecule has 1 aromatic carbocycles. The van der Waals surface area contributed by atoms with Crippen molar-refractivity contribution in [2.45, 2.75) is 44.2 Å². The Hall–Kier alpha value is -1.78. The van der Waals surface area contributed by atoms with E-state index in [0.29, 0.717) is 12.1 Å². The number of nitrogens with zero attached hydrogens (tertiary/aromatic N) is 2. The number of piperidine rings is 1. The fourth-order valence-corrected chi connectivity index (χ4v) is 3.72. The summed E-state index contributed by atoms with van der Waals surface area (Å²) < 4.78 is 0. The fourth-order valence-electron chi connectivity index (χ4n) is 3.72. The Labute approximate surface area is 137 Å². The van der Waals surface area contributed by atoms with E-state index in [2.05, 4.69) is 33.9 Å². The zero-order chi connectivity index (χ0) is 15.5. The molecular weight excluding hydrogens is 284 g/mol. The summed E-state index contributed by atoms with van der Waals surface area (Å²) in [5.74, 6) is 0.854. The molecule has 0 unspecified atom stereocenters. The van der Waals surface area contributed by atoms with Gasteiger partial charge in [-0.25, -0.2) is 9.97 Å². The normalized spacial score (nSPS) is 21.8. The molecule has 2 aromatic rings. The second-order valence-corrected chi connectivity index (χ2v) is 6.60. The molecule has 4 heteroatoms. The summed E-state index contributed by atoms with van der Waals surface area (Å²) in [6.45, 7) is 2.25. The van der Waals surface area contributed by atoms with Crippen molar-refractivity contribution in [3.8, 4) is 11.4 Å². The highest BCUT2D eigenvalue weighted by atomic mass is 15.0. The van der Waals surface area contributed by atoms with Crippen molar-refractivity contribution in [3.05, 3.63) is 47.8 Å². The van der Waals surface area contributed by atoms with Crippen LogP contribution in [0, 0.1) is 0 Å². The number of fused-ring (bicyclic) bond motifs is 1. The number of aromatic nitrogens is 2. The van der Waals surface area contributed by atoms with E-state index in [-0.39, 0.29) is 0 Å². The first kappa shape index (κ1) is 14.8. The molecule has 4 rings (SSSR count). The Bertz CT molecular complexity index is 650. The monoisotopic (exact) mass is 308 g/mol. The third-order valence-electron chi connectivity index (χ3n) is 4.99. The molecule has 0 spiro atoms. The molecule has 1 aliphatic heterocycles. The molecule has 1 aliphatic carbocycles. The van der Waals surface area contributed by atoms with Crippen LogP contribution in [0.3, 0.4) is 0 Å². The lowest BCUT2D eigenvalue weighted by Gasteiger charge is -2.32. The molecule has 2 N–H and O–H groups in total. The Balaban J connectivity index is 1.56. The minimum atomic E-state index is 0.423. The van der Waals surface area contributed by atoms with Gasteiger partial charge in [0.25, 0.3) is 0 Å². The molecule has 120 valence electrons. The second-order valence-electron chi connectivity index (χ2n) is 6.60. The Kier molecular flexibility index (Phi) is 4.35. The van der Waals surface area contributed by atoms with Crippen molar-refractivity contribution >= 4 is 0 Å². The average Bonchev–Trinajstić information content (AvgIpc) is 2.63. The van der Waals surface area contributed by atoms with Gasteiger partial charge in [-0.15, -0.1) is 0 Å². The first-order valence-corrected chi connectivity index (χ1v) is 8.78. The first-order valence-electron chi connectivity index (χ1n) is 8.78. The van der Waals surface area contributed by atoms with Crippen LogP contribution in [-0.2, 0) is 6.42 Å². The quantitative estimate of drug-likeness (QED) is 0.915. The highest BCUT2D eigenvalue weighted by Gasteiger charge is 2.25. The van der Waals surface area contributed by atoms with E-state index in [4.69, 9.17) is 4.98 Å². The van der Waals surface area contributed by atoms with Crippen LogP contribution in [0.2, 0.25) is 0 Å². The summed E-state index contributed by atoms with van der Waals surface area (Å²) in [5.41, 5.74) is 3.65. The van der Waals surface area contributed by atoms with E-state index in [9.17, 15) is 0 Å². The van der Waals surface area contributed by atoms with Crippen LogP contribution >= 0.6 is 0 Å². The SMILES string of the molecule is c1ccc(-c2ncc3c(n2)CCC[C@@H]3NC2CCNCC2)cc1. The fraction of sp³-hybridized carbons (Fsp3) is 0.474. The predicted octanol–water partition coefficient (Wildman–Crippen LogP) is 2.86. The van der Waals surface area contributed by atoms with Gasteiger partial charge in [0.2, 0.25) is 0 Å². The van der Waals surface area contributed by atoms with Crippen molar-refractivity contribution in [1.29, 1.82) is 0 Å². The molecule has 2 aliphatic rings. The minimum Gasteiger partial charge on any atom is -0.317 e. The van der Waals surface area contributed by atoms with Crippen molar-refractivity contribution in [1.82, 2.24) is 20.6 Å². The molecule has 1 fully saturated rings. The molecule has 0 saturated carbocycles. The summed E-state index contributed by atoms with van der Waals surface area (Å²) in [4.78, 5) is 9.51. The van der Waals surface area contributed by atoms with Gasteiger partial charge in [-0.1, -0.05) is 30.3 Å². The van der Waals surface area contributed by atoms with E-state index in [1.807, 2.05) is 18.2 Å². The highest BCUT2D eigenvalue weighted by Crippen LogP contribution is 2.30. The van der Waals surface area contributed by atoms with E-state index < -0.39 is 0 Å². The molecule has 2 heterocycles. The molecule has 1 atom stereocenters. The van der Waals surface area contributed by atoms with Gasteiger partial charge in [0.15, 0.2) is 5.82 Å². The average molecular weight is 308 g/mol. The Morgan fingerprint density at radius 1 is 1.04 bits per heavy atom. The van der Waals surface area contributed by atoms with E-state index in [1.54, 1.807) is 0 Å². The van der Waals surface area contributed by atoms with Gasteiger partial charge in [0, 0.05) is 35.1 Å². The maximum atomic E-state index is 4.86. The number of hydrogen-bond donors (Lipinski definition) is 2. The summed E-state index contributed by atoms with van der Waals surface area (Å²) in [7, 11) is 0. The molecule has 0 amide bonds. The van der Waals surface area contributed by atoms with E-state index in [1.165, 1.54) is 36.9 Å². The van der Waals surface area contributed by atoms with Crippen LogP contribution in [0.4, 0.5) is 0 Å².